The summed E-state index contributed by atoms with van der Waals surface area (Å²) >= 11 is 13.6. The van der Waals surface area contributed by atoms with Crippen LogP contribution in [0.25, 0.3) is 17.1 Å². The minimum absolute atomic E-state index is 0.161. The number of aromatic nitrogens is 5. The zero-order chi connectivity index (χ0) is 22.0. The largest absolute Gasteiger partial charge is 0.495 e. The van der Waals surface area contributed by atoms with E-state index in [0.29, 0.717) is 32.5 Å². The van der Waals surface area contributed by atoms with E-state index in [0.717, 1.165) is 10.1 Å². The maximum absolute atomic E-state index is 13.2. The van der Waals surface area contributed by atoms with Crippen LogP contribution in [0.5, 0.6) is 5.75 Å². The van der Waals surface area contributed by atoms with Crippen LogP contribution in [0.1, 0.15) is 12.4 Å². The molecule has 0 atom stereocenters. The van der Waals surface area contributed by atoms with Gasteiger partial charge in [0.25, 0.3) is 0 Å². The van der Waals surface area contributed by atoms with Gasteiger partial charge in [-0.05, 0) is 30.3 Å². The highest BCUT2D eigenvalue weighted by Crippen LogP contribution is 2.35. The van der Waals surface area contributed by atoms with Crippen LogP contribution in [0.4, 0.5) is 8.78 Å². The molecule has 0 radical (unpaired) electrons. The molecule has 0 bridgehead atoms. The van der Waals surface area contributed by atoms with E-state index < -0.39 is 6.55 Å². The molecule has 0 aliphatic carbocycles. The summed E-state index contributed by atoms with van der Waals surface area (Å²) in [6, 6.07) is 12.3. The first-order valence-electron chi connectivity index (χ1n) is 8.96. The zero-order valence-electron chi connectivity index (χ0n) is 16.0. The van der Waals surface area contributed by atoms with Gasteiger partial charge in [-0.2, -0.15) is 8.78 Å². The Kier molecular flexibility index (Phi) is 6.45. The highest BCUT2D eigenvalue weighted by Gasteiger charge is 2.21. The van der Waals surface area contributed by atoms with Crippen molar-refractivity contribution in [2.45, 2.75) is 17.5 Å². The number of thioether (sulfide) groups is 1. The lowest BCUT2D eigenvalue weighted by molar-refractivity contribution is 0.0678. The first kappa shape index (κ1) is 21.6. The second kappa shape index (κ2) is 9.25. The van der Waals surface area contributed by atoms with Gasteiger partial charge < -0.3 is 4.74 Å². The van der Waals surface area contributed by atoms with Crippen molar-refractivity contribution in [3.8, 4) is 22.8 Å². The molecule has 0 saturated heterocycles. The average Bonchev–Trinajstić information content (AvgIpc) is 3.39. The first-order chi connectivity index (χ1) is 15.0. The van der Waals surface area contributed by atoms with Gasteiger partial charge in [-0.15, -0.1) is 10.2 Å². The van der Waals surface area contributed by atoms with Gasteiger partial charge in [0.1, 0.15) is 11.6 Å². The summed E-state index contributed by atoms with van der Waals surface area (Å²) in [5.74, 6) is 1.43. The number of benzene rings is 2. The molecule has 2 heterocycles. The number of nitrogens with zero attached hydrogens (tertiary/aromatic N) is 5. The molecule has 31 heavy (non-hydrogen) atoms. The monoisotopic (exact) mass is 481 g/mol. The average molecular weight is 482 g/mol. The second-order valence-electron chi connectivity index (χ2n) is 6.29. The van der Waals surface area contributed by atoms with Crippen LogP contribution in [-0.2, 0) is 5.75 Å². The van der Waals surface area contributed by atoms with Gasteiger partial charge in [0.15, 0.2) is 11.0 Å². The smallest absolute Gasteiger partial charge is 0.319 e. The summed E-state index contributed by atoms with van der Waals surface area (Å²) < 4.78 is 34.4. The predicted molar refractivity (Wildman–Crippen MR) is 116 cm³/mol. The standard InChI is InChI=1S/C20H15Cl2F2N5OS/c1-30-16-6-5-14(22)10-15(16)29-18(12-3-2-4-13(21)9-12)26-27-20(29)31-11-17-25-7-8-28(17)19(23)24/h2-10,19H,11H2,1H3. The van der Waals surface area contributed by atoms with Gasteiger partial charge in [0, 0.05) is 28.0 Å². The molecular weight excluding hydrogens is 467 g/mol. The van der Waals surface area contributed by atoms with E-state index in [4.69, 9.17) is 27.9 Å². The van der Waals surface area contributed by atoms with Gasteiger partial charge in [0.05, 0.1) is 18.6 Å². The molecule has 6 nitrogen and oxygen atoms in total. The number of hydrogen-bond acceptors (Lipinski definition) is 5. The van der Waals surface area contributed by atoms with Crippen molar-refractivity contribution in [2.75, 3.05) is 7.11 Å². The predicted octanol–water partition coefficient (Wildman–Crippen LogP) is 6.13. The summed E-state index contributed by atoms with van der Waals surface area (Å²) in [6.07, 6.45) is 2.58. The molecule has 0 saturated carbocycles. The Balaban J connectivity index is 1.81. The van der Waals surface area contributed by atoms with Gasteiger partial charge in [-0.3, -0.25) is 9.13 Å². The second-order valence-corrected chi connectivity index (χ2v) is 8.10. The zero-order valence-corrected chi connectivity index (χ0v) is 18.4. The lowest BCUT2D eigenvalue weighted by Gasteiger charge is -2.14. The van der Waals surface area contributed by atoms with Crippen LogP contribution in [0, 0.1) is 0 Å². The normalized spacial score (nSPS) is 11.3. The van der Waals surface area contributed by atoms with E-state index in [2.05, 4.69) is 15.2 Å². The van der Waals surface area contributed by atoms with Gasteiger partial charge >= 0.3 is 6.55 Å². The molecule has 4 aromatic rings. The van der Waals surface area contributed by atoms with Crippen LogP contribution < -0.4 is 4.74 Å². The summed E-state index contributed by atoms with van der Waals surface area (Å²) in [5, 5.41) is 10.1. The molecule has 0 unspecified atom stereocenters. The van der Waals surface area contributed by atoms with Crippen molar-refractivity contribution in [3.05, 3.63) is 70.7 Å². The molecule has 0 fully saturated rings. The highest BCUT2D eigenvalue weighted by molar-refractivity contribution is 7.98. The molecule has 11 heteroatoms. The lowest BCUT2D eigenvalue weighted by Crippen LogP contribution is -2.05. The third-order valence-corrected chi connectivity index (χ3v) is 5.78. The van der Waals surface area contributed by atoms with E-state index in [1.54, 1.807) is 48.1 Å². The van der Waals surface area contributed by atoms with E-state index >= 15 is 0 Å². The first-order valence-corrected chi connectivity index (χ1v) is 10.7. The number of methoxy groups -OCH3 is 1. The maximum atomic E-state index is 13.2. The Hall–Kier alpha value is -2.62. The molecule has 0 spiro atoms. The van der Waals surface area contributed by atoms with Crippen molar-refractivity contribution in [1.29, 1.82) is 0 Å². The Morgan fingerprint density at radius 1 is 1.10 bits per heavy atom. The quantitative estimate of drug-likeness (QED) is 0.297. The Morgan fingerprint density at radius 3 is 2.65 bits per heavy atom. The Labute approximate surface area is 190 Å². The summed E-state index contributed by atoms with van der Waals surface area (Å²) in [4.78, 5) is 4.02. The molecule has 4 rings (SSSR count). The topological polar surface area (TPSA) is 57.8 Å². The third kappa shape index (κ3) is 4.53. The van der Waals surface area contributed by atoms with E-state index in [1.165, 1.54) is 24.2 Å². The van der Waals surface area contributed by atoms with Crippen molar-refractivity contribution < 1.29 is 13.5 Å². The van der Waals surface area contributed by atoms with Crippen LogP contribution in [-0.4, -0.2) is 31.4 Å². The molecule has 0 amide bonds. The van der Waals surface area contributed by atoms with Crippen LogP contribution >= 0.6 is 35.0 Å². The molecule has 0 aliphatic heterocycles. The molecule has 0 N–H and O–H groups in total. The van der Waals surface area contributed by atoms with Crippen molar-refractivity contribution in [1.82, 2.24) is 24.3 Å². The van der Waals surface area contributed by atoms with Gasteiger partial charge in [-0.25, -0.2) is 4.98 Å². The van der Waals surface area contributed by atoms with E-state index in [9.17, 15) is 8.78 Å². The molecule has 2 aromatic carbocycles. The fraction of sp³-hybridized carbons (Fsp3) is 0.150. The Bertz CT molecular complexity index is 1210. The van der Waals surface area contributed by atoms with E-state index in [1.807, 2.05) is 6.07 Å². The minimum Gasteiger partial charge on any atom is -0.495 e. The number of ether oxygens (including phenoxy) is 1. The van der Waals surface area contributed by atoms with Crippen molar-refractivity contribution >= 4 is 35.0 Å². The summed E-state index contributed by atoms with van der Waals surface area (Å²) in [6.45, 7) is -2.67. The Morgan fingerprint density at radius 2 is 1.90 bits per heavy atom. The number of halogens is 4. The van der Waals surface area contributed by atoms with E-state index in [-0.39, 0.29) is 11.6 Å². The molecular formula is C20H15Cl2F2N5OS. The lowest BCUT2D eigenvalue weighted by atomic mass is 10.2. The maximum Gasteiger partial charge on any atom is 0.319 e. The summed E-state index contributed by atoms with van der Waals surface area (Å²) in [7, 11) is 1.54. The number of hydrogen-bond donors (Lipinski definition) is 0. The summed E-state index contributed by atoms with van der Waals surface area (Å²) in [5.41, 5.74) is 1.33. The number of imidazole rings is 1. The van der Waals surface area contributed by atoms with Crippen LogP contribution in [0.2, 0.25) is 10.0 Å². The van der Waals surface area contributed by atoms with Crippen LogP contribution in [0.3, 0.4) is 0 Å². The van der Waals surface area contributed by atoms with Crippen molar-refractivity contribution in [3.63, 3.8) is 0 Å². The van der Waals surface area contributed by atoms with Gasteiger partial charge in [-0.1, -0.05) is 47.1 Å². The highest BCUT2D eigenvalue weighted by atomic mass is 35.5. The van der Waals surface area contributed by atoms with Crippen LogP contribution in [0.15, 0.2) is 60.0 Å². The number of alkyl halides is 2. The SMILES string of the molecule is COc1ccc(Cl)cc1-n1c(SCc2nccn2C(F)F)nnc1-c1cccc(Cl)c1. The molecule has 2 aromatic heterocycles. The third-order valence-electron chi connectivity index (χ3n) is 4.39. The fourth-order valence-electron chi connectivity index (χ4n) is 3.00. The molecule has 0 aliphatic rings. The fourth-order valence-corrected chi connectivity index (χ4v) is 4.25. The number of rotatable bonds is 7. The molecule has 160 valence electrons. The van der Waals surface area contributed by atoms with Gasteiger partial charge in [0.2, 0.25) is 0 Å². The minimum atomic E-state index is -2.67. The van der Waals surface area contributed by atoms with Crippen molar-refractivity contribution in [2.24, 2.45) is 0 Å².